The van der Waals surface area contributed by atoms with Crippen molar-refractivity contribution in [2.24, 2.45) is 0 Å². The standard InChI is InChI=1S/C36H38N10O5/c1-51-31-15-28(37)21(14-29(31)41-34(48)27-17-40-46-10-2-9-38-33(27)46)16-39-23-7-11-43(12-8-23)25-19-44(20-25)24-3-4-26-22(13-24)18-45(36(26)50)30-5-6-32(47)42-35(30)49/h2-4,9-10,13-17,23,25,30,37,39H,5-8,11-12,18-20H2,1H3,(H,41,48)(H,42,47,49)/b21-16-,37-28?. The number of anilines is 1. The lowest BCUT2D eigenvalue weighted by Gasteiger charge is -2.48. The average molecular weight is 691 g/mol. The van der Waals surface area contributed by atoms with Crippen molar-refractivity contribution in [3.8, 4) is 0 Å². The molecule has 3 fully saturated rings. The summed E-state index contributed by atoms with van der Waals surface area (Å²) in [6.07, 6.45) is 12.5. The fourth-order valence-corrected chi connectivity index (χ4v) is 7.45. The Balaban J connectivity index is 0.835. The Kier molecular flexibility index (Phi) is 8.34. The molecule has 4 amide bonds. The summed E-state index contributed by atoms with van der Waals surface area (Å²) >= 11 is 0. The predicted molar refractivity (Wildman–Crippen MR) is 186 cm³/mol. The molecule has 0 spiro atoms. The summed E-state index contributed by atoms with van der Waals surface area (Å²) in [5, 5.41) is 21.5. The Bertz CT molecular complexity index is 2050. The zero-order valence-electron chi connectivity index (χ0n) is 28.1. The molecule has 0 radical (unpaired) electrons. The van der Waals surface area contributed by atoms with Crippen molar-refractivity contribution in [1.29, 1.82) is 5.41 Å². The SMILES string of the molecule is COC1=CC(=N)/C(=C\NC2CCN(C3CN(c4ccc5c(c4)CN(C4CCC(=O)NC4=O)C5=O)C3)CC2)C=C1NC(=O)c1cnn2cccnc12. The Morgan fingerprint density at radius 3 is 2.73 bits per heavy atom. The monoisotopic (exact) mass is 690 g/mol. The first-order valence-electron chi connectivity index (χ1n) is 17.1. The summed E-state index contributed by atoms with van der Waals surface area (Å²) in [6.45, 7) is 4.09. The molecule has 6 heterocycles. The maximum Gasteiger partial charge on any atom is 0.261 e. The van der Waals surface area contributed by atoms with Gasteiger partial charge < -0.3 is 30.6 Å². The van der Waals surface area contributed by atoms with Crippen molar-refractivity contribution in [3.63, 3.8) is 0 Å². The summed E-state index contributed by atoms with van der Waals surface area (Å²) in [4.78, 5) is 60.9. The summed E-state index contributed by atoms with van der Waals surface area (Å²) in [5.74, 6) is -0.825. The first-order chi connectivity index (χ1) is 24.7. The number of ether oxygens (including phenoxy) is 1. The van der Waals surface area contributed by atoms with Gasteiger partial charge in [-0.25, -0.2) is 9.50 Å². The lowest BCUT2D eigenvalue weighted by Crippen LogP contribution is -2.61. The van der Waals surface area contributed by atoms with Gasteiger partial charge in [0.25, 0.3) is 11.8 Å². The molecule has 8 rings (SSSR count). The lowest BCUT2D eigenvalue weighted by molar-refractivity contribution is -0.136. The molecule has 0 bridgehead atoms. The van der Waals surface area contributed by atoms with E-state index >= 15 is 0 Å². The van der Waals surface area contributed by atoms with Crippen LogP contribution in [0.3, 0.4) is 0 Å². The van der Waals surface area contributed by atoms with Crippen molar-refractivity contribution in [2.45, 2.75) is 50.4 Å². The number of carbonyl (C=O) groups excluding carboxylic acids is 4. The van der Waals surface area contributed by atoms with Gasteiger partial charge in [0.15, 0.2) is 5.65 Å². The number of benzene rings is 1. The van der Waals surface area contributed by atoms with Gasteiger partial charge in [0.05, 0.1) is 24.7 Å². The first-order valence-corrected chi connectivity index (χ1v) is 17.1. The number of carbonyl (C=O) groups is 4. The minimum absolute atomic E-state index is 0.156. The van der Waals surface area contributed by atoms with E-state index in [4.69, 9.17) is 10.1 Å². The van der Waals surface area contributed by atoms with Gasteiger partial charge in [-0.2, -0.15) is 5.10 Å². The zero-order chi connectivity index (χ0) is 35.2. The van der Waals surface area contributed by atoms with Crippen LogP contribution in [-0.4, -0.2) is 105 Å². The molecule has 3 saturated heterocycles. The molecule has 2 aromatic heterocycles. The number of allylic oxidation sites excluding steroid dienone is 3. The number of amides is 4. The molecule has 1 aliphatic carbocycles. The van der Waals surface area contributed by atoms with E-state index in [0.29, 0.717) is 52.8 Å². The predicted octanol–water partition coefficient (Wildman–Crippen LogP) is 1.49. The maximum absolute atomic E-state index is 13.1. The van der Waals surface area contributed by atoms with Crippen LogP contribution in [0.2, 0.25) is 0 Å². The minimum atomic E-state index is -0.613. The molecule has 15 heteroatoms. The van der Waals surface area contributed by atoms with Gasteiger partial charge >= 0.3 is 0 Å². The Hall–Kier alpha value is -5.83. The number of hydrogen-bond acceptors (Lipinski definition) is 11. The van der Waals surface area contributed by atoms with E-state index in [-0.39, 0.29) is 35.9 Å². The molecule has 15 nitrogen and oxygen atoms in total. The van der Waals surface area contributed by atoms with E-state index in [2.05, 4.69) is 41.9 Å². The Morgan fingerprint density at radius 1 is 1.12 bits per heavy atom. The van der Waals surface area contributed by atoms with E-state index in [9.17, 15) is 19.2 Å². The van der Waals surface area contributed by atoms with Crippen molar-refractivity contribution >= 4 is 40.7 Å². The zero-order valence-corrected chi connectivity index (χ0v) is 28.1. The Labute approximate surface area is 293 Å². The summed E-state index contributed by atoms with van der Waals surface area (Å²) in [7, 11) is 1.50. The highest BCUT2D eigenvalue weighted by molar-refractivity contribution is 6.11. The van der Waals surface area contributed by atoms with Gasteiger partial charge in [-0.1, -0.05) is 0 Å². The fraction of sp³-hybridized carbons (Fsp3) is 0.361. The van der Waals surface area contributed by atoms with Crippen molar-refractivity contribution in [3.05, 3.63) is 94.9 Å². The highest BCUT2D eigenvalue weighted by Crippen LogP contribution is 2.33. The maximum atomic E-state index is 13.1. The van der Waals surface area contributed by atoms with Gasteiger partial charge in [-0.15, -0.1) is 0 Å². The van der Waals surface area contributed by atoms with Crippen LogP contribution in [0.15, 0.2) is 78.2 Å². The quantitative estimate of drug-likeness (QED) is 0.253. The molecule has 51 heavy (non-hydrogen) atoms. The lowest BCUT2D eigenvalue weighted by atomic mass is 9.98. The third-order valence-corrected chi connectivity index (χ3v) is 10.4. The average Bonchev–Trinajstić information content (AvgIpc) is 3.69. The number of likely N-dealkylation sites (tertiary alicyclic amines) is 1. The first kappa shape index (κ1) is 32.4. The number of fused-ring (bicyclic) bond motifs is 2. The van der Waals surface area contributed by atoms with E-state index in [1.165, 1.54) is 17.8 Å². The van der Waals surface area contributed by atoms with E-state index in [1.807, 2.05) is 18.3 Å². The van der Waals surface area contributed by atoms with Crippen molar-refractivity contribution in [2.75, 3.05) is 38.2 Å². The smallest absolute Gasteiger partial charge is 0.261 e. The number of imide groups is 1. The normalized spacial score (nSPS) is 22.5. The van der Waals surface area contributed by atoms with Crippen LogP contribution in [0.25, 0.3) is 5.65 Å². The number of methoxy groups -OCH3 is 1. The molecule has 1 aromatic carbocycles. The summed E-state index contributed by atoms with van der Waals surface area (Å²) in [5.41, 5.74) is 4.76. The second kappa shape index (κ2) is 13.1. The van der Waals surface area contributed by atoms with Crippen molar-refractivity contribution < 1.29 is 23.9 Å². The van der Waals surface area contributed by atoms with Crippen LogP contribution in [-0.2, 0) is 20.9 Å². The van der Waals surface area contributed by atoms with Crippen LogP contribution in [0.4, 0.5) is 5.69 Å². The van der Waals surface area contributed by atoms with Crippen LogP contribution in [0, 0.1) is 5.41 Å². The molecule has 1 unspecified atom stereocenters. The second-order valence-corrected chi connectivity index (χ2v) is 13.5. The number of hydrogen-bond donors (Lipinski definition) is 4. The molecule has 4 aliphatic heterocycles. The fourth-order valence-electron chi connectivity index (χ4n) is 7.45. The number of nitrogens with one attached hydrogen (secondary N) is 4. The van der Waals surface area contributed by atoms with E-state index in [0.717, 1.165) is 50.3 Å². The number of piperidine rings is 2. The highest BCUT2D eigenvalue weighted by atomic mass is 16.5. The molecule has 0 saturated carbocycles. The highest BCUT2D eigenvalue weighted by Gasteiger charge is 2.40. The number of nitrogens with zero attached hydrogens (tertiary/aromatic N) is 6. The molecular formula is C36H38N10O5. The molecule has 1 atom stereocenters. The summed E-state index contributed by atoms with van der Waals surface area (Å²) in [6, 6.07) is 7.74. The molecule has 262 valence electrons. The number of rotatable bonds is 8. The molecule has 5 aliphatic rings. The van der Waals surface area contributed by atoms with Gasteiger partial charge in [0, 0.05) is 92.7 Å². The second-order valence-electron chi connectivity index (χ2n) is 13.5. The summed E-state index contributed by atoms with van der Waals surface area (Å²) < 4.78 is 7.01. The van der Waals surface area contributed by atoms with Gasteiger partial charge in [0.1, 0.15) is 17.4 Å². The van der Waals surface area contributed by atoms with Gasteiger partial charge in [-0.05, 0) is 55.2 Å². The largest absolute Gasteiger partial charge is 0.494 e. The van der Waals surface area contributed by atoms with Crippen LogP contribution >= 0.6 is 0 Å². The minimum Gasteiger partial charge on any atom is -0.494 e. The van der Waals surface area contributed by atoms with E-state index in [1.54, 1.807) is 35.5 Å². The molecular weight excluding hydrogens is 652 g/mol. The number of aromatic nitrogens is 3. The molecule has 4 N–H and O–H groups in total. The van der Waals surface area contributed by atoms with Gasteiger partial charge in [0.2, 0.25) is 11.8 Å². The van der Waals surface area contributed by atoms with Crippen LogP contribution < -0.4 is 20.9 Å². The topological polar surface area (TPSA) is 177 Å². The van der Waals surface area contributed by atoms with Gasteiger partial charge in [-0.3, -0.25) is 29.4 Å². The Morgan fingerprint density at radius 2 is 1.94 bits per heavy atom. The third-order valence-electron chi connectivity index (χ3n) is 10.4. The van der Waals surface area contributed by atoms with Crippen LogP contribution in [0.1, 0.15) is 52.0 Å². The van der Waals surface area contributed by atoms with Crippen LogP contribution in [0.5, 0.6) is 0 Å². The third kappa shape index (κ3) is 6.13. The van der Waals surface area contributed by atoms with E-state index < -0.39 is 11.9 Å². The molecule has 3 aromatic rings. The van der Waals surface area contributed by atoms with Crippen molar-refractivity contribution in [1.82, 2.24) is 40.3 Å².